The lowest BCUT2D eigenvalue weighted by Crippen LogP contribution is -2.46. The van der Waals surface area contributed by atoms with Crippen molar-refractivity contribution in [1.29, 1.82) is 0 Å². The monoisotopic (exact) mass is 464 g/mol. The SMILES string of the molecule is Cc1nc(CC(C)C)sc1C(=O)N1CCCC(CNC(=O)C2CCCN2)C1.Cl.Cl. The third-order valence-corrected chi connectivity index (χ3v) is 6.53. The summed E-state index contributed by atoms with van der Waals surface area (Å²) in [7, 11) is 0. The van der Waals surface area contributed by atoms with E-state index in [-0.39, 0.29) is 42.7 Å². The molecule has 1 aromatic heterocycles. The summed E-state index contributed by atoms with van der Waals surface area (Å²) in [5.41, 5.74) is 0.850. The molecule has 0 spiro atoms. The van der Waals surface area contributed by atoms with E-state index >= 15 is 0 Å². The van der Waals surface area contributed by atoms with Crippen LogP contribution in [0.15, 0.2) is 0 Å². The second kappa shape index (κ2) is 12.1. The zero-order valence-corrected chi connectivity index (χ0v) is 20.0. The van der Waals surface area contributed by atoms with Gasteiger partial charge in [0.05, 0.1) is 16.7 Å². The summed E-state index contributed by atoms with van der Waals surface area (Å²) in [4.78, 5) is 32.5. The molecule has 0 bridgehead atoms. The largest absolute Gasteiger partial charge is 0.354 e. The van der Waals surface area contributed by atoms with Gasteiger partial charge in [-0.2, -0.15) is 0 Å². The molecule has 0 aliphatic carbocycles. The second-order valence-corrected chi connectivity index (χ2v) is 9.36. The third-order valence-electron chi connectivity index (χ3n) is 5.37. The first-order valence-electron chi connectivity index (χ1n) is 10.2. The summed E-state index contributed by atoms with van der Waals surface area (Å²) in [6, 6.07) is -0.0365. The van der Waals surface area contributed by atoms with Gasteiger partial charge in [0.15, 0.2) is 0 Å². The minimum absolute atomic E-state index is 0. The van der Waals surface area contributed by atoms with Crippen molar-refractivity contribution in [1.82, 2.24) is 20.5 Å². The van der Waals surface area contributed by atoms with E-state index in [1.54, 1.807) is 11.3 Å². The molecule has 0 aromatic carbocycles. The molecule has 2 fully saturated rings. The smallest absolute Gasteiger partial charge is 0.265 e. The van der Waals surface area contributed by atoms with Gasteiger partial charge in [0.25, 0.3) is 5.91 Å². The van der Waals surface area contributed by atoms with Gasteiger partial charge in [0, 0.05) is 26.1 Å². The normalized spacial score (nSPS) is 21.4. The van der Waals surface area contributed by atoms with Crippen LogP contribution in [-0.4, -0.2) is 53.9 Å². The molecule has 2 aliphatic heterocycles. The first-order valence-corrected chi connectivity index (χ1v) is 11.0. The van der Waals surface area contributed by atoms with Crippen molar-refractivity contribution in [2.45, 2.75) is 58.9 Å². The molecule has 3 heterocycles. The molecule has 2 N–H and O–H groups in total. The first-order chi connectivity index (χ1) is 12.9. The molecule has 3 rings (SSSR count). The standard InChI is InChI=1S/C20H32N4O2S.2ClH/c1-13(2)10-17-23-14(3)18(27-17)20(26)24-9-5-6-15(12-24)11-22-19(25)16-7-4-8-21-16;;/h13,15-16,21H,4-12H2,1-3H3,(H,22,25);2*1H. The predicted octanol–water partition coefficient (Wildman–Crippen LogP) is 3.21. The van der Waals surface area contributed by atoms with Crippen molar-refractivity contribution in [2.75, 3.05) is 26.2 Å². The Balaban J connectivity index is 0.00000210. The quantitative estimate of drug-likeness (QED) is 0.677. The van der Waals surface area contributed by atoms with Crippen LogP contribution in [0.2, 0.25) is 0 Å². The highest BCUT2D eigenvalue weighted by molar-refractivity contribution is 7.13. The number of aryl methyl sites for hydroxylation is 1. The Morgan fingerprint density at radius 1 is 1.28 bits per heavy atom. The Hall–Kier alpha value is -0.890. The molecule has 2 aliphatic rings. The van der Waals surface area contributed by atoms with Crippen LogP contribution < -0.4 is 10.6 Å². The van der Waals surface area contributed by atoms with E-state index in [1.807, 2.05) is 11.8 Å². The van der Waals surface area contributed by atoms with Crippen molar-refractivity contribution in [3.63, 3.8) is 0 Å². The molecule has 2 atom stereocenters. The van der Waals surface area contributed by atoms with Crippen molar-refractivity contribution in [2.24, 2.45) is 11.8 Å². The summed E-state index contributed by atoms with van der Waals surface area (Å²) in [6.45, 7) is 9.37. The van der Waals surface area contributed by atoms with E-state index in [4.69, 9.17) is 0 Å². The zero-order valence-electron chi connectivity index (χ0n) is 17.5. The number of nitrogens with zero attached hydrogens (tertiary/aromatic N) is 2. The number of aromatic nitrogens is 1. The third kappa shape index (κ3) is 7.09. The summed E-state index contributed by atoms with van der Waals surface area (Å²) in [5, 5.41) is 7.37. The molecular weight excluding hydrogens is 431 g/mol. The van der Waals surface area contributed by atoms with Crippen LogP contribution in [0.4, 0.5) is 0 Å². The van der Waals surface area contributed by atoms with Gasteiger partial charge in [0.2, 0.25) is 5.91 Å². The summed E-state index contributed by atoms with van der Waals surface area (Å²) in [5.74, 6) is 1.08. The Morgan fingerprint density at radius 3 is 2.69 bits per heavy atom. The highest BCUT2D eigenvalue weighted by Gasteiger charge is 2.28. The maximum Gasteiger partial charge on any atom is 0.265 e. The average Bonchev–Trinajstić information content (AvgIpc) is 3.29. The van der Waals surface area contributed by atoms with Crippen LogP contribution in [0, 0.1) is 18.8 Å². The molecule has 1 aromatic rings. The Bertz CT molecular complexity index is 677. The number of carbonyl (C=O) groups excluding carboxylic acids is 2. The maximum atomic E-state index is 13.0. The van der Waals surface area contributed by atoms with Crippen LogP contribution in [0.1, 0.15) is 59.9 Å². The molecule has 2 unspecified atom stereocenters. The molecule has 29 heavy (non-hydrogen) atoms. The molecule has 9 heteroatoms. The fourth-order valence-corrected chi connectivity index (χ4v) is 5.17. The van der Waals surface area contributed by atoms with Crippen LogP contribution in [0.5, 0.6) is 0 Å². The second-order valence-electron chi connectivity index (χ2n) is 8.27. The number of hydrogen-bond acceptors (Lipinski definition) is 5. The average molecular weight is 465 g/mol. The van der Waals surface area contributed by atoms with Gasteiger partial charge in [-0.25, -0.2) is 4.98 Å². The number of nitrogens with one attached hydrogen (secondary N) is 2. The topological polar surface area (TPSA) is 74.3 Å². The Kier molecular flexibility index (Phi) is 10.9. The predicted molar refractivity (Wildman–Crippen MR) is 123 cm³/mol. The number of hydrogen-bond donors (Lipinski definition) is 2. The van der Waals surface area contributed by atoms with Gasteiger partial charge < -0.3 is 15.5 Å². The van der Waals surface area contributed by atoms with E-state index in [2.05, 4.69) is 29.5 Å². The van der Waals surface area contributed by atoms with Crippen molar-refractivity contribution >= 4 is 48.0 Å². The molecule has 6 nitrogen and oxygen atoms in total. The van der Waals surface area contributed by atoms with Crippen molar-refractivity contribution < 1.29 is 9.59 Å². The van der Waals surface area contributed by atoms with E-state index in [0.29, 0.717) is 24.9 Å². The van der Waals surface area contributed by atoms with E-state index < -0.39 is 0 Å². The van der Waals surface area contributed by atoms with Gasteiger partial charge in [0.1, 0.15) is 4.88 Å². The van der Waals surface area contributed by atoms with Crippen LogP contribution in [-0.2, 0) is 11.2 Å². The molecule has 2 saturated heterocycles. The number of piperidine rings is 1. The molecule has 0 saturated carbocycles. The van der Waals surface area contributed by atoms with Gasteiger partial charge in [-0.05, 0) is 51.0 Å². The van der Waals surface area contributed by atoms with Gasteiger partial charge >= 0.3 is 0 Å². The van der Waals surface area contributed by atoms with E-state index in [0.717, 1.165) is 60.8 Å². The number of carbonyl (C=O) groups is 2. The fraction of sp³-hybridized carbons (Fsp3) is 0.750. The number of likely N-dealkylation sites (tertiary alicyclic amines) is 1. The van der Waals surface area contributed by atoms with E-state index in [1.165, 1.54) is 0 Å². The van der Waals surface area contributed by atoms with E-state index in [9.17, 15) is 9.59 Å². The minimum Gasteiger partial charge on any atom is -0.354 e. The summed E-state index contributed by atoms with van der Waals surface area (Å²) in [6.07, 6.45) is 4.96. The first kappa shape index (κ1) is 26.1. The van der Waals surface area contributed by atoms with Crippen LogP contribution in [0.3, 0.4) is 0 Å². The number of halogens is 2. The fourth-order valence-electron chi connectivity index (χ4n) is 3.92. The lowest BCUT2D eigenvalue weighted by Gasteiger charge is -2.33. The minimum atomic E-state index is -0.0365. The molecule has 166 valence electrons. The lowest BCUT2D eigenvalue weighted by atomic mass is 9.97. The maximum absolute atomic E-state index is 13.0. The molecule has 0 radical (unpaired) electrons. The number of amides is 2. The van der Waals surface area contributed by atoms with Crippen molar-refractivity contribution in [3.05, 3.63) is 15.6 Å². The summed E-state index contributed by atoms with van der Waals surface area (Å²) >= 11 is 1.55. The van der Waals surface area contributed by atoms with Crippen molar-refractivity contribution in [3.8, 4) is 0 Å². The Labute approximate surface area is 190 Å². The van der Waals surface area contributed by atoms with Crippen LogP contribution >= 0.6 is 36.2 Å². The zero-order chi connectivity index (χ0) is 19.4. The van der Waals surface area contributed by atoms with Gasteiger partial charge in [-0.3, -0.25) is 9.59 Å². The highest BCUT2D eigenvalue weighted by atomic mass is 35.5. The van der Waals surface area contributed by atoms with Crippen LogP contribution in [0.25, 0.3) is 0 Å². The van der Waals surface area contributed by atoms with Gasteiger partial charge in [-0.1, -0.05) is 13.8 Å². The number of thiazole rings is 1. The Morgan fingerprint density at radius 2 is 2.03 bits per heavy atom. The summed E-state index contributed by atoms with van der Waals surface area (Å²) < 4.78 is 0. The molecular formula is C20H34Cl2N4O2S. The number of rotatable bonds is 6. The lowest BCUT2D eigenvalue weighted by molar-refractivity contribution is -0.123. The molecule has 2 amide bonds. The highest BCUT2D eigenvalue weighted by Crippen LogP contribution is 2.25. The van der Waals surface area contributed by atoms with Gasteiger partial charge in [-0.15, -0.1) is 36.2 Å².